The molecule has 1 aliphatic heterocycles. The van der Waals surface area contributed by atoms with E-state index in [4.69, 9.17) is 0 Å². The van der Waals surface area contributed by atoms with Crippen LogP contribution in [0.15, 0.2) is 48.5 Å². The van der Waals surface area contributed by atoms with E-state index in [0.29, 0.717) is 6.42 Å². The van der Waals surface area contributed by atoms with Gasteiger partial charge < -0.3 is 14.7 Å². The molecule has 1 amide bonds. The Morgan fingerprint density at radius 3 is 2.22 bits per heavy atom. The van der Waals surface area contributed by atoms with Gasteiger partial charge >= 0.3 is 0 Å². The monoisotopic (exact) mass is 365 g/mol. The summed E-state index contributed by atoms with van der Waals surface area (Å²) in [7, 11) is 0. The lowest BCUT2D eigenvalue weighted by Gasteiger charge is -2.37. The second-order valence-corrected chi connectivity index (χ2v) is 7.17. The predicted molar refractivity (Wildman–Crippen MR) is 114 cm³/mol. The fourth-order valence-electron chi connectivity index (χ4n) is 3.86. The zero-order valence-corrected chi connectivity index (χ0v) is 16.8. The maximum absolute atomic E-state index is 12.6. The fourth-order valence-corrected chi connectivity index (χ4v) is 3.86. The zero-order chi connectivity index (χ0) is 19.2. The van der Waals surface area contributed by atoms with Crippen LogP contribution in [0.3, 0.4) is 0 Å². The minimum absolute atomic E-state index is 0.231. The molecule has 0 atom stereocenters. The normalized spacial score (nSPS) is 14.3. The van der Waals surface area contributed by atoms with Gasteiger partial charge in [-0.1, -0.05) is 30.3 Å². The van der Waals surface area contributed by atoms with E-state index in [9.17, 15) is 4.79 Å². The van der Waals surface area contributed by atoms with Gasteiger partial charge in [0.05, 0.1) is 6.42 Å². The Kier molecular flexibility index (Phi) is 6.38. The van der Waals surface area contributed by atoms with Crippen LogP contribution in [-0.2, 0) is 11.2 Å². The molecule has 2 aromatic carbocycles. The molecule has 4 nitrogen and oxygen atoms in total. The van der Waals surface area contributed by atoms with Gasteiger partial charge in [0.2, 0.25) is 5.91 Å². The lowest BCUT2D eigenvalue weighted by Crippen LogP contribution is -2.49. The van der Waals surface area contributed by atoms with E-state index < -0.39 is 0 Å². The highest BCUT2D eigenvalue weighted by molar-refractivity contribution is 5.79. The first-order valence-electron chi connectivity index (χ1n) is 10.0. The molecule has 0 aliphatic carbocycles. The first-order chi connectivity index (χ1) is 13.1. The number of carbonyl (C=O) groups excluding carboxylic acids is 1. The molecule has 0 N–H and O–H groups in total. The predicted octanol–water partition coefficient (Wildman–Crippen LogP) is 3.73. The molecule has 0 unspecified atom stereocenters. The second kappa shape index (κ2) is 8.94. The van der Waals surface area contributed by atoms with E-state index in [1.807, 2.05) is 35.2 Å². The van der Waals surface area contributed by atoms with E-state index in [1.165, 1.54) is 16.9 Å². The minimum atomic E-state index is 0.231. The topological polar surface area (TPSA) is 26.8 Å². The van der Waals surface area contributed by atoms with Crippen molar-refractivity contribution in [3.05, 3.63) is 59.7 Å². The highest BCUT2D eigenvalue weighted by atomic mass is 16.2. The van der Waals surface area contributed by atoms with Gasteiger partial charge in [-0.05, 0) is 50.1 Å². The Labute approximate surface area is 163 Å². The van der Waals surface area contributed by atoms with Crippen LogP contribution in [0, 0.1) is 6.92 Å². The molecule has 4 heteroatoms. The third kappa shape index (κ3) is 4.62. The van der Waals surface area contributed by atoms with Crippen LogP contribution in [-0.4, -0.2) is 50.1 Å². The van der Waals surface area contributed by atoms with E-state index >= 15 is 0 Å². The molecule has 27 heavy (non-hydrogen) atoms. The van der Waals surface area contributed by atoms with Crippen molar-refractivity contribution < 1.29 is 4.79 Å². The summed E-state index contributed by atoms with van der Waals surface area (Å²) < 4.78 is 0. The van der Waals surface area contributed by atoms with Crippen LogP contribution in [0.5, 0.6) is 0 Å². The Bertz CT molecular complexity index is 747. The Morgan fingerprint density at radius 1 is 0.963 bits per heavy atom. The van der Waals surface area contributed by atoms with E-state index in [-0.39, 0.29) is 5.91 Å². The van der Waals surface area contributed by atoms with Gasteiger partial charge in [-0.3, -0.25) is 4.79 Å². The molecular weight excluding hydrogens is 334 g/mol. The van der Waals surface area contributed by atoms with Gasteiger partial charge in [0, 0.05) is 50.6 Å². The van der Waals surface area contributed by atoms with Gasteiger partial charge in [0.1, 0.15) is 0 Å². The molecule has 1 fully saturated rings. The van der Waals surface area contributed by atoms with Gasteiger partial charge in [0.25, 0.3) is 0 Å². The molecule has 3 rings (SSSR count). The van der Waals surface area contributed by atoms with Crippen molar-refractivity contribution in [2.24, 2.45) is 0 Å². The number of hydrogen-bond acceptors (Lipinski definition) is 3. The van der Waals surface area contributed by atoms with Gasteiger partial charge in [-0.15, -0.1) is 0 Å². The highest BCUT2D eigenvalue weighted by Crippen LogP contribution is 2.26. The Balaban J connectivity index is 1.59. The lowest BCUT2D eigenvalue weighted by atomic mass is 10.1. The van der Waals surface area contributed by atoms with Crippen LogP contribution in [0.4, 0.5) is 11.4 Å². The molecule has 0 aromatic heterocycles. The summed E-state index contributed by atoms with van der Waals surface area (Å²) in [6.07, 6.45) is 0.498. The maximum atomic E-state index is 12.6. The van der Waals surface area contributed by atoms with Crippen molar-refractivity contribution >= 4 is 17.3 Å². The van der Waals surface area contributed by atoms with Crippen LogP contribution in [0.2, 0.25) is 0 Å². The van der Waals surface area contributed by atoms with Gasteiger partial charge in [-0.2, -0.15) is 0 Å². The van der Waals surface area contributed by atoms with Crippen molar-refractivity contribution in [1.29, 1.82) is 0 Å². The molecule has 0 spiro atoms. The van der Waals surface area contributed by atoms with Crippen molar-refractivity contribution in [3.63, 3.8) is 0 Å². The number of benzene rings is 2. The van der Waals surface area contributed by atoms with Crippen molar-refractivity contribution in [2.45, 2.75) is 27.2 Å². The molecule has 1 saturated heterocycles. The van der Waals surface area contributed by atoms with Crippen LogP contribution in [0.25, 0.3) is 0 Å². The largest absolute Gasteiger partial charge is 0.372 e. The van der Waals surface area contributed by atoms with Crippen LogP contribution < -0.4 is 9.80 Å². The average molecular weight is 366 g/mol. The summed E-state index contributed by atoms with van der Waals surface area (Å²) in [4.78, 5) is 19.4. The molecule has 144 valence electrons. The SMILES string of the molecule is CCN(CC)c1ccc(N2CCN(C(=O)Cc3ccccc3)CC2)c(C)c1. The molecule has 0 radical (unpaired) electrons. The molecule has 2 aromatic rings. The summed E-state index contributed by atoms with van der Waals surface area (Å²) in [6.45, 7) is 12.0. The van der Waals surface area contributed by atoms with Crippen molar-refractivity contribution in [3.8, 4) is 0 Å². The lowest BCUT2D eigenvalue weighted by molar-refractivity contribution is -0.130. The smallest absolute Gasteiger partial charge is 0.227 e. The zero-order valence-electron chi connectivity index (χ0n) is 16.8. The number of aryl methyl sites for hydroxylation is 1. The van der Waals surface area contributed by atoms with Crippen LogP contribution in [0.1, 0.15) is 25.0 Å². The Hall–Kier alpha value is -2.49. The number of rotatable bonds is 6. The quantitative estimate of drug-likeness (QED) is 0.780. The molecular formula is C23H31N3O. The summed E-state index contributed by atoms with van der Waals surface area (Å²) in [5.41, 5.74) is 4.98. The van der Waals surface area contributed by atoms with Crippen molar-refractivity contribution in [2.75, 3.05) is 49.1 Å². The first-order valence-corrected chi connectivity index (χ1v) is 10.0. The summed E-state index contributed by atoms with van der Waals surface area (Å²) in [6, 6.07) is 16.8. The van der Waals surface area contributed by atoms with Crippen molar-refractivity contribution in [1.82, 2.24) is 4.90 Å². The summed E-state index contributed by atoms with van der Waals surface area (Å²) >= 11 is 0. The van der Waals surface area contributed by atoms with E-state index in [0.717, 1.165) is 44.8 Å². The molecule has 0 bridgehead atoms. The number of nitrogens with zero attached hydrogens (tertiary/aromatic N) is 3. The number of amides is 1. The first kappa shape index (κ1) is 19.3. The number of carbonyl (C=O) groups is 1. The standard InChI is InChI=1S/C23H31N3O/c1-4-24(5-2)21-11-12-22(19(3)17-21)25-13-15-26(16-14-25)23(27)18-20-9-7-6-8-10-20/h6-12,17H,4-5,13-16,18H2,1-3H3. The second-order valence-electron chi connectivity index (χ2n) is 7.17. The van der Waals surface area contributed by atoms with Gasteiger partial charge in [-0.25, -0.2) is 0 Å². The summed E-state index contributed by atoms with van der Waals surface area (Å²) in [5, 5.41) is 0. The third-order valence-corrected chi connectivity index (χ3v) is 5.48. The van der Waals surface area contributed by atoms with Gasteiger partial charge in [0.15, 0.2) is 0 Å². The molecule has 1 aliphatic rings. The maximum Gasteiger partial charge on any atom is 0.227 e. The molecule has 1 heterocycles. The number of anilines is 2. The van der Waals surface area contributed by atoms with Crippen LogP contribution >= 0.6 is 0 Å². The highest BCUT2D eigenvalue weighted by Gasteiger charge is 2.22. The Morgan fingerprint density at radius 2 is 1.63 bits per heavy atom. The average Bonchev–Trinajstić information content (AvgIpc) is 2.70. The molecule has 0 saturated carbocycles. The summed E-state index contributed by atoms with van der Waals surface area (Å²) in [5.74, 6) is 0.231. The number of hydrogen-bond donors (Lipinski definition) is 0. The third-order valence-electron chi connectivity index (χ3n) is 5.48. The fraction of sp³-hybridized carbons (Fsp3) is 0.435. The minimum Gasteiger partial charge on any atom is -0.372 e. The van der Waals surface area contributed by atoms with E-state index in [1.54, 1.807) is 0 Å². The van der Waals surface area contributed by atoms with E-state index in [2.05, 4.69) is 48.8 Å². The number of piperazine rings is 1.